The number of fused-ring (bicyclic) bond motifs is 3. The van der Waals surface area contributed by atoms with E-state index in [1.165, 1.54) is 17.6 Å². The fourth-order valence-electron chi connectivity index (χ4n) is 6.88. The van der Waals surface area contributed by atoms with E-state index >= 15 is 0 Å². The van der Waals surface area contributed by atoms with Gasteiger partial charge in [0.2, 0.25) is 11.8 Å². The van der Waals surface area contributed by atoms with Gasteiger partial charge in [-0.1, -0.05) is 43.2 Å². The molecule has 0 aromatic heterocycles. The molecular weight excluding hydrogens is 648 g/mol. The standard InChI is InChI=1S/C32H37BINO7/c1-4-8-19(13-20-14-25(34)30(36)27(15-20)41-3)11-12-26-28-21(18-40-2)16-23-29(24(28)17-33(39)42-26)32(38)35(31(23)37)22-9-6-5-7-10-22/h5-7,9-10,13-15,23-24,26,29,36,39H,4,8,11-12,16-18H2,1-3H3/b19-13+/t23-,24+,26-,29-/m1/s1. The number of amides is 2. The highest BCUT2D eigenvalue weighted by molar-refractivity contribution is 14.1. The minimum Gasteiger partial charge on any atom is -0.504 e. The van der Waals surface area contributed by atoms with Crippen LogP contribution >= 0.6 is 22.6 Å². The van der Waals surface area contributed by atoms with Gasteiger partial charge in [0.15, 0.2) is 11.5 Å². The largest absolute Gasteiger partial charge is 0.504 e. The van der Waals surface area contributed by atoms with Crippen LogP contribution in [0.4, 0.5) is 5.69 Å². The van der Waals surface area contributed by atoms with Crippen LogP contribution in [-0.4, -0.2) is 56.0 Å². The van der Waals surface area contributed by atoms with Gasteiger partial charge in [-0.3, -0.25) is 14.5 Å². The molecule has 2 amide bonds. The number of hydrogen-bond donors (Lipinski definition) is 2. The first-order valence-corrected chi connectivity index (χ1v) is 15.6. The number of ether oxygens (including phenoxy) is 2. The fraction of sp³-hybridized carbons (Fsp3) is 0.438. The van der Waals surface area contributed by atoms with Crippen molar-refractivity contribution in [2.24, 2.45) is 17.8 Å². The number of anilines is 1. The van der Waals surface area contributed by atoms with Crippen LogP contribution < -0.4 is 9.64 Å². The molecule has 2 N–H and O–H groups in total. The number of carbonyl (C=O) groups excluding carboxylic acids is 2. The predicted octanol–water partition coefficient (Wildman–Crippen LogP) is 5.62. The Bertz CT molecular complexity index is 1390. The summed E-state index contributed by atoms with van der Waals surface area (Å²) in [6.07, 6.45) is 5.63. The van der Waals surface area contributed by atoms with E-state index < -0.39 is 25.1 Å². The van der Waals surface area contributed by atoms with Gasteiger partial charge in [0, 0.05) is 7.11 Å². The van der Waals surface area contributed by atoms with Crippen LogP contribution in [-0.2, 0) is 19.0 Å². The number of benzene rings is 2. The van der Waals surface area contributed by atoms with Gasteiger partial charge < -0.3 is 24.3 Å². The quantitative estimate of drug-likeness (QED) is 0.145. The first kappa shape index (κ1) is 30.8. The Morgan fingerprint density at radius 3 is 2.60 bits per heavy atom. The molecule has 0 unspecified atom stereocenters. The zero-order valence-electron chi connectivity index (χ0n) is 24.2. The average Bonchev–Trinajstić information content (AvgIpc) is 3.23. The molecule has 1 aliphatic carbocycles. The van der Waals surface area contributed by atoms with Crippen molar-refractivity contribution in [2.45, 2.75) is 51.5 Å². The lowest BCUT2D eigenvalue weighted by atomic mass is 9.58. The summed E-state index contributed by atoms with van der Waals surface area (Å²) in [6.45, 7) is 2.48. The molecule has 42 heavy (non-hydrogen) atoms. The van der Waals surface area contributed by atoms with Crippen LogP contribution in [0.15, 0.2) is 59.2 Å². The third-order valence-electron chi connectivity index (χ3n) is 8.58. The predicted molar refractivity (Wildman–Crippen MR) is 170 cm³/mol. The summed E-state index contributed by atoms with van der Waals surface area (Å²) >= 11 is 2.10. The molecule has 2 fully saturated rings. The number of halogens is 1. The van der Waals surface area contributed by atoms with E-state index in [1.807, 2.05) is 30.3 Å². The SMILES string of the molecule is CCC/C(=C\c1cc(I)c(O)c(OC)c1)CC[C@H]1OB(O)C[C@H]2C1=C(COC)C[C@H]1C(=O)N(c3ccccc3)C(=O)[C@H]12. The number of methoxy groups -OCH3 is 2. The molecule has 0 saturated carbocycles. The van der Waals surface area contributed by atoms with Crippen LogP contribution in [0.5, 0.6) is 11.5 Å². The molecule has 2 heterocycles. The van der Waals surface area contributed by atoms with Crippen LogP contribution in [0, 0.1) is 21.3 Å². The molecule has 2 aromatic carbocycles. The number of aromatic hydroxyl groups is 1. The first-order valence-electron chi connectivity index (χ1n) is 14.5. The summed E-state index contributed by atoms with van der Waals surface area (Å²) < 4.78 is 17.8. The van der Waals surface area contributed by atoms with Crippen molar-refractivity contribution in [1.82, 2.24) is 0 Å². The van der Waals surface area contributed by atoms with Gasteiger partial charge in [0.25, 0.3) is 0 Å². The molecule has 2 aromatic rings. The van der Waals surface area contributed by atoms with E-state index in [4.69, 9.17) is 14.1 Å². The summed E-state index contributed by atoms with van der Waals surface area (Å²) in [6, 6.07) is 12.8. The molecule has 0 bridgehead atoms. The highest BCUT2D eigenvalue weighted by Gasteiger charge is 2.57. The first-order chi connectivity index (χ1) is 20.3. The molecule has 10 heteroatoms. The third-order valence-corrected chi connectivity index (χ3v) is 9.40. The molecule has 2 aliphatic heterocycles. The molecule has 5 rings (SSSR count). The average molecular weight is 685 g/mol. The van der Waals surface area contributed by atoms with E-state index in [-0.39, 0.29) is 29.8 Å². The summed E-state index contributed by atoms with van der Waals surface area (Å²) in [5.41, 5.74) is 4.74. The van der Waals surface area contributed by atoms with E-state index in [0.717, 1.165) is 36.0 Å². The Morgan fingerprint density at radius 1 is 1.14 bits per heavy atom. The van der Waals surface area contributed by atoms with E-state index in [0.29, 0.717) is 34.5 Å². The normalized spacial score (nSPS) is 24.3. The monoisotopic (exact) mass is 685 g/mol. The zero-order chi connectivity index (χ0) is 30.0. The Kier molecular flexibility index (Phi) is 9.76. The fourth-order valence-corrected chi connectivity index (χ4v) is 7.50. The van der Waals surface area contributed by atoms with Crippen molar-refractivity contribution >= 4 is 53.3 Å². The minimum atomic E-state index is -1.03. The molecule has 222 valence electrons. The lowest BCUT2D eigenvalue weighted by Crippen LogP contribution is -2.46. The second kappa shape index (κ2) is 13.3. The number of para-hydroxylation sites is 1. The second-order valence-corrected chi connectivity index (χ2v) is 12.4. The topological polar surface area (TPSA) is 106 Å². The Labute approximate surface area is 261 Å². The van der Waals surface area contributed by atoms with Crippen molar-refractivity contribution in [1.29, 1.82) is 0 Å². The molecule has 0 spiro atoms. The number of rotatable bonds is 10. The van der Waals surface area contributed by atoms with Gasteiger partial charge in [0.1, 0.15) is 0 Å². The molecule has 2 saturated heterocycles. The van der Waals surface area contributed by atoms with Gasteiger partial charge in [0.05, 0.1) is 40.9 Å². The maximum atomic E-state index is 13.8. The maximum absolute atomic E-state index is 13.8. The molecule has 4 atom stereocenters. The maximum Gasteiger partial charge on any atom is 0.455 e. The van der Waals surface area contributed by atoms with Gasteiger partial charge >= 0.3 is 7.12 Å². The van der Waals surface area contributed by atoms with E-state index in [9.17, 15) is 19.7 Å². The van der Waals surface area contributed by atoms with Gasteiger partial charge in [-0.2, -0.15) is 0 Å². The molecular formula is C32H37BINO7. The number of imide groups is 1. The number of phenols is 1. The Balaban J connectivity index is 1.44. The zero-order valence-corrected chi connectivity index (χ0v) is 26.4. The van der Waals surface area contributed by atoms with Crippen LogP contribution in [0.25, 0.3) is 6.08 Å². The number of nitrogens with zero attached hydrogens (tertiary/aromatic N) is 1. The summed E-state index contributed by atoms with van der Waals surface area (Å²) in [4.78, 5) is 28.8. The van der Waals surface area contributed by atoms with Gasteiger partial charge in [-0.05, 0) is 101 Å². The Morgan fingerprint density at radius 2 is 1.90 bits per heavy atom. The molecule has 8 nitrogen and oxygen atoms in total. The number of phenolic OH excluding ortho intramolecular Hbond substituents is 1. The molecule has 0 radical (unpaired) electrons. The summed E-state index contributed by atoms with van der Waals surface area (Å²) in [7, 11) is 2.15. The highest BCUT2D eigenvalue weighted by Crippen LogP contribution is 2.51. The van der Waals surface area contributed by atoms with Crippen molar-refractivity contribution in [2.75, 3.05) is 25.7 Å². The summed E-state index contributed by atoms with van der Waals surface area (Å²) in [5.74, 6) is -1.15. The van der Waals surface area contributed by atoms with Crippen LogP contribution in [0.1, 0.15) is 44.6 Å². The minimum absolute atomic E-state index is 0.127. The van der Waals surface area contributed by atoms with Crippen LogP contribution in [0.3, 0.4) is 0 Å². The number of hydrogen-bond acceptors (Lipinski definition) is 7. The van der Waals surface area contributed by atoms with Crippen molar-refractivity contribution in [3.63, 3.8) is 0 Å². The van der Waals surface area contributed by atoms with E-state index in [1.54, 1.807) is 19.2 Å². The van der Waals surface area contributed by atoms with E-state index in [2.05, 4.69) is 35.6 Å². The van der Waals surface area contributed by atoms with Crippen LogP contribution in [0.2, 0.25) is 6.32 Å². The smallest absolute Gasteiger partial charge is 0.455 e. The summed E-state index contributed by atoms with van der Waals surface area (Å²) in [5, 5.41) is 21.1. The van der Waals surface area contributed by atoms with Crippen molar-refractivity contribution in [3.8, 4) is 11.5 Å². The third kappa shape index (κ3) is 6.04. The molecule has 3 aliphatic rings. The lowest BCUT2D eigenvalue weighted by molar-refractivity contribution is -0.122. The number of allylic oxidation sites excluding steroid dienone is 1. The van der Waals surface area contributed by atoms with Gasteiger partial charge in [-0.25, -0.2) is 0 Å². The van der Waals surface area contributed by atoms with Gasteiger partial charge in [-0.15, -0.1) is 0 Å². The number of carbonyl (C=O) groups is 2. The second-order valence-electron chi connectivity index (χ2n) is 11.2. The van der Waals surface area contributed by atoms with Crippen molar-refractivity contribution in [3.05, 3.63) is 68.3 Å². The highest BCUT2D eigenvalue weighted by atomic mass is 127. The van der Waals surface area contributed by atoms with Crippen molar-refractivity contribution < 1.29 is 33.8 Å². The Hall–Kier alpha value is -2.67. The lowest BCUT2D eigenvalue weighted by Gasteiger charge is -2.43.